The number of hydrogen-bond acceptors (Lipinski definition) is 2. The molecule has 3 nitrogen and oxygen atoms in total. The first-order chi connectivity index (χ1) is 10.4. The Morgan fingerprint density at radius 1 is 1.05 bits per heavy atom. The number of Topliss-reactive ketones (excluding diaryl/α,β-unsaturated/α-hetero) is 1. The van der Waals surface area contributed by atoms with Gasteiger partial charge >= 0.3 is 0 Å². The van der Waals surface area contributed by atoms with Crippen LogP contribution in [0.4, 0.5) is 0 Å². The summed E-state index contributed by atoms with van der Waals surface area (Å²) in [5.41, 5.74) is 4.14. The Labute approximate surface area is 131 Å². The number of rotatable bonds is 1. The van der Waals surface area contributed by atoms with Crippen molar-refractivity contribution < 1.29 is 9.59 Å². The van der Waals surface area contributed by atoms with E-state index in [4.69, 9.17) is 0 Å². The summed E-state index contributed by atoms with van der Waals surface area (Å²) >= 11 is 0. The second kappa shape index (κ2) is 5.38. The molecule has 1 N–H and O–H groups in total. The third kappa shape index (κ3) is 2.72. The molecule has 3 rings (SSSR count). The Bertz CT molecular complexity index is 647. The summed E-state index contributed by atoms with van der Waals surface area (Å²) in [7, 11) is 0. The first-order valence-corrected chi connectivity index (χ1v) is 8.03. The van der Waals surface area contributed by atoms with Crippen molar-refractivity contribution in [2.75, 3.05) is 0 Å². The Morgan fingerprint density at radius 2 is 1.73 bits per heavy atom. The number of benzene rings is 1. The molecule has 0 aromatic heterocycles. The Balaban J connectivity index is 1.99. The maximum atomic E-state index is 12.3. The number of amides is 1. The molecule has 0 fully saturated rings. The second-order valence-corrected chi connectivity index (χ2v) is 7.35. The highest BCUT2D eigenvalue weighted by molar-refractivity contribution is 6.01. The molecular formula is C19H23NO2. The average molecular weight is 297 g/mol. The molecule has 22 heavy (non-hydrogen) atoms. The van der Waals surface area contributed by atoms with Crippen molar-refractivity contribution in [2.24, 2.45) is 0 Å². The van der Waals surface area contributed by atoms with Crippen LogP contribution in [0.5, 0.6) is 0 Å². The molecule has 1 aromatic rings. The maximum Gasteiger partial charge on any atom is 0.225 e. The molecule has 1 aromatic carbocycles. The molecule has 0 spiro atoms. The highest BCUT2D eigenvalue weighted by Gasteiger charge is 2.34. The first kappa shape index (κ1) is 15.0. The Kier molecular flexibility index (Phi) is 3.67. The predicted octanol–water partition coefficient (Wildman–Crippen LogP) is 3.59. The quantitative estimate of drug-likeness (QED) is 0.861. The van der Waals surface area contributed by atoms with Crippen molar-refractivity contribution in [2.45, 2.75) is 57.8 Å². The van der Waals surface area contributed by atoms with Gasteiger partial charge in [0.15, 0.2) is 5.78 Å². The molecule has 3 heteroatoms. The monoisotopic (exact) mass is 297 g/mol. The smallest absolute Gasteiger partial charge is 0.225 e. The van der Waals surface area contributed by atoms with Crippen molar-refractivity contribution in [1.82, 2.24) is 5.32 Å². The van der Waals surface area contributed by atoms with Crippen LogP contribution in [0, 0.1) is 0 Å². The largest absolute Gasteiger partial charge is 0.329 e. The van der Waals surface area contributed by atoms with Gasteiger partial charge in [-0.1, -0.05) is 45.0 Å². The molecular weight excluding hydrogens is 274 g/mol. The van der Waals surface area contributed by atoms with Crippen LogP contribution in [-0.2, 0) is 15.0 Å². The third-order valence-corrected chi connectivity index (χ3v) is 4.66. The lowest BCUT2D eigenvalue weighted by Crippen LogP contribution is -2.36. The zero-order valence-electron chi connectivity index (χ0n) is 13.5. The van der Waals surface area contributed by atoms with Crippen LogP contribution >= 0.6 is 0 Å². The van der Waals surface area contributed by atoms with Crippen molar-refractivity contribution in [3.63, 3.8) is 0 Å². The van der Waals surface area contributed by atoms with Gasteiger partial charge in [0.25, 0.3) is 0 Å². The number of hydrogen-bond donors (Lipinski definition) is 1. The molecule has 0 radical (unpaired) electrons. The average Bonchev–Trinajstić information content (AvgIpc) is 2.45. The first-order valence-electron chi connectivity index (χ1n) is 8.03. The third-order valence-electron chi connectivity index (χ3n) is 4.66. The lowest BCUT2D eigenvalue weighted by molar-refractivity contribution is -0.122. The lowest BCUT2D eigenvalue weighted by atomic mass is 9.77. The molecule has 0 bridgehead atoms. The van der Waals surface area contributed by atoms with E-state index < -0.39 is 0 Å². The van der Waals surface area contributed by atoms with Crippen LogP contribution in [0.3, 0.4) is 0 Å². The minimum absolute atomic E-state index is 0.0262. The fourth-order valence-electron chi connectivity index (χ4n) is 3.40. The summed E-state index contributed by atoms with van der Waals surface area (Å²) in [6.45, 7) is 6.55. The second-order valence-electron chi connectivity index (χ2n) is 7.35. The van der Waals surface area contributed by atoms with E-state index in [0.29, 0.717) is 12.8 Å². The van der Waals surface area contributed by atoms with Crippen LogP contribution < -0.4 is 5.32 Å². The van der Waals surface area contributed by atoms with E-state index in [9.17, 15) is 9.59 Å². The summed E-state index contributed by atoms with van der Waals surface area (Å²) in [6.07, 6.45) is 2.63. The van der Waals surface area contributed by atoms with Gasteiger partial charge in [0.1, 0.15) is 0 Å². The van der Waals surface area contributed by atoms with Gasteiger partial charge in [-0.25, -0.2) is 0 Å². The minimum Gasteiger partial charge on any atom is -0.329 e. The van der Waals surface area contributed by atoms with Crippen molar-refractivity contribution in [1.29, 1.82) is 0 Å². The van der Waals surface area contributed by atoms with Gasteiger partial charge in [-0.05, 0) is 29.4 Å². The fraction of sp³-hybridized carbons (Fsp3) is 0.474. The van der Waals surface area contributed by atoms with Crippen LogP contribution in [0.1, 0.15) is 63.5 Å². The van der Waals surface area contributed by atoms with E-state index in [2.05, 4.69) is 50.4 Å². The molecule has 1 aliphatic carbocycles. The normalized spacial score (nSPS) is 22.4. The highest BCUT2D eigenvalue weighted by Crippen LogP contribution is 2.38. The molecule has 0 saturated heterocycles. The van der Waals surface area contributed by atoms with Gasteiger partial charge in [-0.2, -0.15) is 0 Å². The van der Waals surface area contributed by atoms with Crippen LogP contribution in [0.25, 0.3) is 0 Å². The topological polar surface area (TPSA) is 46.2 Å². The maximum absolute atomic E-state index is 12.3. The molecule has 1 atom stereocenters. The number of carbonyl (C=O) groups excluding carboxylic acids is 2. The number of allylic oxidation sites excluding steroid dienone is 2. The van der Waals surface area contributed by atoms with E-state index in [1.807, 2.05) is 0 Å². The van der Waals surface area contributed by atoms with E-state index in [-0.39, 0.29) is 23.0 Å². The van der Waals surface area contributed by atoms with Crippen LogP contribution in [0.15, 0.2) is 35.5 Å². The Hall–Kier alpha value is -1.90. The van der Waals surface area contributed by atoms with E-state index in [1.165, 1.54) is 5.56 Å². The van der Waals surface area contributed by atoms with Crippen LogP contribution in [-0.4, -0.2) is 11.7 Å². The summed E-state index contributed by atoms with van der Waals surface area (Å²) in [5, 5.41) is 2.90. The van der Waals surface area contributed by atoms with E-state index in [1.54, 1.807) is 0 Å². The molecule has 1 aliphatic heterocycles. The van der Waals surface area contributed by atoms with Gasteiger partial charge in [-0.15, -0.1) is 0 Å². The standard InChI is InChI=1S/C19H23NO2/c1-19(2,3)13-9-7-12(8-10-13)14-11-17(22)20-15-5-4-6-16(21)18(14)15/h7-10,14H,4-6,11H2,1-3H3,(H,20,22)/t14-/m0/s1. The fourth-order valence-corrected chi connectivity index (χ4v) is 3.40. The molecule has 2 aliphatic rings. The van der Waals surface area contributed by atoms with Gasteiger partial charge in [0, 0.05) is 30.0 Å². The van der Waals surface area contributed by atoms with Crippen molar-refractivity contribution in [3.8, 4) is 0 Å². The molecule has 0 saturated carbocycles. The van der Waals surface area contributed by atoms with Crippen LogP contribution in [0.2, 0.25) is 0 Å². The number of nitrogens with one attached hydrogen (secondary N) is 1. The van der Waals surface area contributed by atoms with Gasteiger partial charge in [-0.3, -0.25) is 9.59 Å². The van der Waals surface area contributed by atoms with Crippen molar-refractivity contribution >= 4 is 11.7 Å². The number of ketones is 1. The SMILES string of the molecule is CC(C)(C)c1ccc([C@@H]2CC(=O)NC3=C2C(=O)CCC3)cc1. The summed E-state index contributed by atoms with van der Waals surface area (Å²) in [4.78, 5) is 24.3. The molecule has 116 valence electrons. The number of carbonyl (C=O) groups is 2. The summed E-state index contributed by atoms with van der Waals surface area (Å²) < 4.78 is 0. The predicted molar refractivity (Wildman–Crippen MR) is 86.5 cm³/mol. The summed E-state index contributed by atoms with van der Waals surface area (Å²) in [6, 6.07) is 8.40. The van der Waals surface area contributed by atoms with Gasteiger partial charge < -0.3 is 5.32 Å². The van der Waals surface area contributed by atoms with E-state index >= 15 is 0 Å². The zero-order chi connectivity index (χ0) is 15.9. The minimum atomic E-state index is -0.0782. The Morgan fingerprint density at radius 3 is 2.36 bits per heavy atom. The molecule has 1 heterocycles. The summed E-state index contributed by atoms with van der Waals surface area (Å²) in [5.74, 6) is 0.148. The zero-order valence-corrected chi connectivity index (χ0v) is 13.5. The van der Waals surface area contributed by atoms with E-state index in [0.717, 1.165) is 29.7 Å². The van der Waals surface area contributed by atoms with Crippen molar-refractivity contribution in [3.05, 3.63) is 46.7 Å². The molecule has 0 unspecified atom stereocenters. The lowest BCUT2D eigenvalue weighted by Gasteiger charge is -2.31. The highest BCUT2D eigenvalue weighted by atomic mass is 16.2. The van der Waals surface area contributed by atoms with Gasteiger partial charge in [0.2, 0.25) is 5.91 Å². The van der Waals surface area contributed by atoms with Gasteiger partial charge in [0.05, 0.1) is 0 Å². The molecule has 1 amide bonds.